The Hall–Kier alpha value is -0.180. The molecular formula is C12H15Na3O12. The smallest absolute Gasteiger partial charge is 1.00 e. The van der Waals surface area contributed by atoms with Crippen LogP contribution in [0.25, 0.3) is 0 Å². The van der Waals surface area contributed by atoms with E-state index >= 15 is 0 Å². The number of hydrogen-bond donors (Lipinski definition) is 6. The fourth-order valence-corrected chi connectivity index (χ4v) is 3.18. The van der Waals surface area contributed by atoms with Crippen LogP contribution in [0.1, 0.15) is 4.28 Å². The van der Waals surface area contributed by atoms with E-state index in [0.717, 1.165) is 0 Å². The second kappa shape index (κ2) is 12.4. The predicted molar refractivity (Wildman–Crippen MR) is 70.1 cm³/mol. The summed E-state index contributed by atoms with van der Waals surface area (Å²) < 4.78 is 0. The molecule has 0 heterocycles. The van der Waals surface area contributed by atoms with E-state index in [1.165, 1.54) is 0 Å². The monoisotopic (exact) mass is 420 g/mol. The van der Waals surface area contributed by atoms with E-state index in [2.05, 4.69) is 0 Å². The first-order valence-corrected chi connectivity index (χ1v) is 6.30. The number of carboxylic acids is 6. The van der Waals surface area contributed by atoms with Gasteiger partial charge in [0.05, 0.1) is 35.5 Å². The summed E-state index contributed by atoms with van der Waals surface area (Å²) in [6, 6.07) is 0. The molecule has 0 aromatic heterocycles. The summed E-state index contributed by atoms with van der Waals surface area (Å²) in [5.41, 5.74) is 0. The van der Waals surface area contributed by atoms with Gasteiger partial charge < -0.3 is 34.9 Å². The van der Waals surface area contributed by atoms with Crippen LogP contribution in [0.5, 0.6) is 0 Å². The van der Waals surface area contributed by atoms with Gasteiger partial charge in [0.15, 0.2) is 0 Å². The zero-order valence-electron chi connectivity index (χ0n) is 17.6. The summed E-state index contributed by atoms with van der Waals surface area (Å²) >= 11 is 0. The number of rotatable bonds is 6. The van der Waals surface area contributed by atoms with Crippen LogP contribution in [0.15, 0.2) is 0 Å². The average Bonchev–Trinajstić information content (AvgIpc) is 2.42. The summed E-state index contributed by atoms with van der Waals surface area (Å²) in [6.07, 6.45) is 0. The zero-order valence-corrected chi connectivity index (χ0v) is 20.6. The van der Waals surface area contributed by atoms with Crippen molar-refractivity contribution in [3.05, 3.63) is 0 Å². The molecule has 138 valence electrons. The minimum absolute atomic E-state index is 0. The fourth-order valence-electron chi connectivity index (χ4n) is 3.18. The third kappa shape index (κ3) is 6.41. The molecule has 0 amide bonds. The van der Waals surface area contributed by atoms with Crippen LogP contribution < -0.4 is 88.7 Å². The van der Waals surface area contributed by atoms with E-state index in [0.29, 0.717) is 0 Å². The Labute approximate surface area is 221 Å². The molecule has 0 aliphatic heterocycles. The Morgan fingerprint density at radius 2 is 0.444 bits per heavy atom. The van der Waals surface area contributed by atoms with Gasteiger partial charge in [0, 0.05) is 0 Å². The molecule has 1 fully saturated rings. The SMILES string of the molecule is O=C(O)C1C(C(=O)O)C(C(=O)O)C(C(=O)O)C(C(=O)O)C1C(=O)O.[H-].[H-].[H-].[Na+].[Na+].[Na+]. The predicted octanol–water partition coefficient (Wildman–Crippen LogP) is -10.4. The molecule has 6 N–H and O–H groups in total. The topological polar surface area (TPSA) is 224 Å². The number of carbonyl (C=O) groups is 6. The van der Waals surface area contributed by atoms with Gasteiger partial charge >= 0.3 is 124 Å². The number of hydrogen-bond acceptors (Lipinski definition) is 6. The van der Waals surface area contributed by atoms with Gasteiger partial charge in [0.25, 0.3) is 0 Å². The summed E-state index contributed by atoms with van der Waals surface area (Å²) in [7, 11) is 0. The van der Waals surface area contributed by atoms with Gasteiger partial charge in [-0.25, -0.2) is 0 Å². The first-order chi connectivity index (χ1) is 10.9. The fraction of sp³-hybridized carbons (Fsp3) is 0.500. The van der Waals surface area contributed by atoms with Crippen LogP contribution in [0.3, 0.4) is 0 Å². The molecule has 0 unspecified atom stereocenters. The number of aliphatic carboxylic acids is 6. The molecule has 0 radical (unpaired) electrons. The Balaban J connectivity index is -0.000000240. The molecule has 27 heavy (non-hydrogen) atoms. The van der Waals surface area contributed by atoms with Crippen LogP contribution in [0, 0.1) is 35.5 Å². The Morgan fingerprint density at radius 1 is 0.370 bits per heavy atom. The molecule has 0 aromatic carbocycles. The Morgan fingerprint density at radius 3 is 0.481 bits per heavy atom. The molecule has 1 rings (SSSR count). The van der Waals surface area contributed by atoms with Crippen LogP contribution in [0.4, 0.5) is 0 Å². The molecule has 0 saturated heterocycles. The summed E-state index contributed by atoms with van der Waals surface area (Å²) in [5, 5.41) is 54.8. The van der Waals surface area contributed by atoms with Gasteiger partial charge in [-0.2, -0.15) is 0 Å². The minimum Gasteiger partial charge on any atom is -1.00 e. The molecule has 1 aliphatic carbocycles. The number of carboxylic acid groups (broad SMARTS) is 6. The van der Waals surface area contributed by atoms with Gasteiger partial charge in [-0.3, -0.25) is 28.8 Å². The largest absolute Gasteiger partial charge is 1.00 e. The van der Waals surface area contributed by atoms with Gasteiger partial charge in [-0.15, -0.1) is 0 Å². The Bertz CT molecular complexity index is 498. The minimum atomic E-state index is -2.43. The standard InChI is InChI=1S/C12H12O12.3Na.3H/c13-7(14)1-2(8(15)16)4(10(19)20)6(12(23)24)5(11(21)22)3(1)9(17)18;;;;;;/h1-6H,(H,13,14)(H,15,16)(H,17,18)(H,19,20)(H,21,22)(H,23,24);;;;;;/q;3*+1;3*-1. The van der Waals surface area contributed by atoms with E-state index in [1.807, 2.05) is 0 Å². The van der Waals surface area contributed by atoms with E-state index in [9.17, 15) is 28.8 Å². The van der Waals surface area contributed by atoms with E-state index < -0.39 is 71.3 Å². The van der Waals surface area contributed by atoms with Gasteiger partial charge in [-0.1, -0.05) is 0 Å². The van der Waals surface area contributed by atoms with Crippen molar-refractivity contribution < 1.29 is 152 Å². The van der Waals surface area contributed by atoms with Crippen LogP contribution in [-0.4, -0.2) is 66.5 Å². The van der Waals surface area contributed by atoms with Gasteiger partial charge in [-0.05, 0) is 0 Å². The molecule has 0 aromatic rings. The normalized spacial score (nSPS) is 28.9. The van der Waals surface area contributed by atoms with Gasteiger partial charge in [0.1, 0.15) is 0 Å². The molecule has 0 atom stereocenters. The van der Waals surface area contributed by atoms with E-state index in [-0.39, 0.29) is 93.0 Å². The van der Waals surface area contributed by atoms with Crippen LogP contribution >= 0.6 is 0 Å². The maximum Gasteiger partial charge on any atom is 1.00 e. The van der Waals surface area contributed by atoms with Crippen molar-refractivity contribution in [1.29, 1.82) is 0 Å². The zero-order chi connectivity index (χ0) is 18.9. The quantitative estimate of drug-likeness (QED) is 0.220. The summed E-state index contributed by atoms with van der Waals surface area (Å²) in [5.74, 6) is -26.9. The second-order valence-corrected chi connectivity index (χ2v) is 5.18. The third-order valence-corrected chi connectivity index (χ3v) is 4.03. The molecular weight excluding hydrogens is 405 g/mol. The average molecular weight is 420 g/mol. The first-order valence-electron chi connectivity index (χ1n) is 6.30. The first kappa shape index (κ1) is 31.5. The van der Waals surface area contributed by atoms with Crippen molar-refractivity contribution >= 4 is 35.8 Å². The summed E-state index contributed by atoms with van der Waals surface area (Å²) in [4.78, 5) is 68.0. The maximum atomic E-state index is 11.3. The molecule has 1 aliphatic rings. The van der Waals surface area contributed by atoms with Crippen molar-refractivity contribution in [2.75, 3.05) is 0 Å². The molecule has 0 bridgehead atoms. The van der Waals surface area contributed by atoms with Gasteiger partial charge in [0.2, 0.25) is 0 Å². The van der Waals surface area contributed by atoms with Crippen molar-refractivity contribution in [3.63, 3.8) is 0 Å². The van der Waals surface area contributed by atoms with E-state index in [1.54, 1.807) is 0 Å². The van der Waals surface area contributed by atoms with Crippen molar-refractivity contribution in [3.8, 4) is 0 Å². The molecule has 1 saturated carbocycles. The molecule has 0 spiro atoms. The van der Waals surface area contributed by atoms with Crippen molar-refractivity contribution in [1.82, 2.24) is 0 Å². The van der Waals surface area contributed by atoms with Crippen LogP contribution in [0.2, 0.25) is 0 Å². The van der Waals surface area contributed by atoms with Crippen LogP contribution in [-0.2, 0) is 28.8 Å². The molecule has 12 nitrogen and oxygen atoms in total. The Kier molecular flexibility index (Phi) is 14.5. The summed E-state index contributed by atoms with van der Waals surface area (Å²) in [6.45, 7) is 0. The van der Waals surface area contributed by atoms with Crippen molar-refractivity contribution in [2.24, 2.45) is 35.5 Å². The third-order valence-electron chi connectivity index (χ3n) is 4.03. The van der Waals surface area contributed by atoms with Crippen molar-refractivity contribution in [2.45, 2.75) is 0 Å². The van der Waals surface area contributed by atoms with E-state index in [4.69, 9.17) is 30.6 Å². The maximum absolute atomic E-state index is 11.3. The second-order valence-electron chi connectivity index (χ2n) is 5.18. The molecule has 15 heteroatoms.